The summed E-state index contributed by atoms with van der Waals surface area (Å²) in [7, 11) is 0. The highest BCUT2D eigenvalue weighted by molar-refractivity contribution is 6.02. The lowest BCUT2D eigenvalue weighted by molar-refractivity contribution is -0.125. The first-order valence-corrected chi connectivity index (χ1v) is 15.0. The molecule has 1 atom stereocenters. The van der Waals surface area contributed by atoms with Gasteiger partial charge < -0.3 is 14.0 Å². The molecule has 1 saturated carbocycles. The van der Waals surface area contributed by atoms with E-state index in [-0.39, 0.29) is 23.6 Å². The van der Waals surface area contributed by atoms with E-state index in [0.717, 1.165) is 68.5 Å². The lowest BCUT2D eigenvalue weighted by Crippen LogP contribution is -2.30. The molecule has 2 aliphatic heterocycles. The maximum Gasteiger partial charge on any atom is 0.296 e. The van der Waals surface area contributed by atoms with Gasteiger partial charge in [0.05, 0.1) is 16.7 Å². The predicted octanol–water partition coefficient (Wildman–Crippen LogP) is 5.66. The summed E-state index contributed by atoms with van der Waals surface area (Å²) in [6, 6.07) is 8.37. The number of nitrogens with zero attached hydrogens (tertiary/aromatic N) is 5. The van der Waals surface area contributed by atoms with Gasteiger partial charge in [0.25, 0.3) is 5.91 Å². The number of benzene rings is 1. The van der Waals surface area contributed by atoms with E-state index in [9.17, 15) is 9.59 Å². The van der Waals surface area contributed by atoms with E-state index >= 15 is 0 Å². The molecule has 0 bridgehead atoms. The molecule has 1 aliphatic carbocycles. The van der Waals surface area contributed by atoms with Gasteiger partial charge >= 0.3 is 0 Å². The SMILES string of the molecule is C=CC(=O)N1CCC[C@@H](n2c(NC(=O)c3cc(C4CCCCC4)no3)nc3cc(CN4CCCC4)ccc32)CC1. The van der Waals surface area contributed by atoms with Crippen molar-refractivity contribution in [2.24, 2.45) is 0 Å². The lowest BCUT2D eigenvalue weighted by Gasteiger charge is -2.21. The van der Waals surface area contributed by atoms with Crippen molar-refractivity contribution in [3.8, 4) is 0 Å². The number of anilines is 1. The minimum Gasteiger partial charge on any atom is -0.351 e. The number of rotatable bonds is 7. The number of hydrogen-bond donors (Lipinski definition) is 1. The zero-order valence-electron chi connectivity index (χ0n) is 23.3. The first-order chi connectivity index (χ1) is 19.6. The minimum atomic E-state index is -0.333. The maximum atomic E-state index is 13.4. The van der Waals surface area contributed by atoms with Gasteiger partial charge in [0.1, 0.15) is 0 Å². The van der Waals surface area contributed by atoms with Crippen molar-refractivity contribution in [3.63, 3.8) is 0 Å². The highest BCUT2D eigenvalue weighted by Gasteiger charge is 2.27. The molecule has 3 aromatic rings. The van der Waals surface area contributed by atoms with Crippen molar-refractivity contribution < 1.29 is 14.1 Å². The molecule has 3 aliphatic rings. The molecule has 2 amide bonds. The normalized spacial score (nSPS) is 21.0. The van der Waals surface area contributed by atoms with Gasteiger partial charge in [0, 0.05) is 37.7 Å². The number of carbonyl (C=O) groups excluding carboxylic acids is 2. The van der Waals surface area contributed by atoms with Crippen LogP contribution in [0.4, 0.5) is 5.95 Å². The molecule has 4 heterocycles. The number of amides is 2. The molecule has 1 aromatic carbocycles. The molecule has 6 rings (SSSR count). The quantitative estimate of drug-likeness (QED) is 0.386. The average molecular weight is 545 g/mol. The Morgan fingerprint density at radius 3 is 2.60 bits per heavy atom. The van der Waals surface area contributed by atoms with Crippen molar-refractivity contribution in [1.29, 1.82) is 0 Å². The zero-order chi connectivity index (χ0) is 27.5. The predicted molar refractivity (Wildman–Crippen MR) is 154 cm³/mol. The van der Waals surface area contributed by atoms with Crippen LogP contribution in [0, 0.1) is 0 Å². The van der Waals surface area contributed by atoms with E-state index < -0.39 is 0 Å². The van der Waals surface area contributed by atoms with Gasteiger partial charge in [0.2, 0.25) is 17.6 Å². The van der Waals surface area contributed by atoms with E-state index in [1.165, 1.54) is 43.7 Å². The topological polar surface area (TPSA) is 96.5 Å². The van der Waals surface area contributed by atoms with E-state index in [4.69, 9.17) is 9.51 Å². The first-order valence-electron chi connectivity index (χ1n) is 15.0. The van der Waals surface area contributed by atoms with E-state index in [0.29, 0.717) is 25.0 Å². The second kappa shape index (κ2) is 12.0. The molecule has 2 aromatic heterocycles. The van der Waals surface area contributed by atoms with E-state index in [2.05, 4.69) is 44.7 Å². The fourth-order valence-corrected chi connectivity index (χ4v) is 6.74. The molecule has 0 spiro atoms. The fourth-order valence-electron chi connectivity index (χ4n) is 6.74. The zero-order valence-corrected chi connectivity index (χ0v) is 23.3. The molecule has 1 N–H and O–H groups in total. The first kappa shape index (κ1) is 26.7. The number of carbonyl (C=O) groups is 2. The Bertz CT molecular complexity index is 1360. The van der Waals surface area contributed by atoms with Crippen molar-refractivity contribution in [2.45, 2.75) is 82.7 Å². The molecule has 0 radical (unpaired) electrons. The highest BCUT2D eigenvalue weighted by Crippen LogP contribution is 2.34. The van der Waals surface area contributed by atoms with E-state index in [1.54, 1.807) is 6.07 Å². The number of likely N-dealkylation sites (tertiary alicyclic amines) is 2. The number of nitrogens with one attached hydrogen (secondary N) is 1. The van der Waals surface area contributed by atoms with Gasteiger partial charge in [-0.1, -0.05) is 37.1 Å². The van der Waals surface area contributed by atoms with Crippen molar-refractivity contribution in [2.75, 3.05) is 31.5 Å². The van der Waals surface area contributed by atoms with Gasteiger partial charge in [-0.15, -0.1) is 0 Å². The number of aromatic nitrogens is 3. The third kappa shape index (κ3) is 5.70. The van der Waals surface area contributed by atoms with Gasteiger partial charge in [0.15, 0.2) is 0 Å². The van der Waals surface area contributed by atoms with Gasteiger partial charge in [-0.05, 0) is 81.8 Å². The Hall–Kier alpha value is -3.46. The molecule has 40 heavy (non-hydrogen) atoms. The number of hydrogen-bond acceptors (Lipinski definition) is 6. The molecule has 2 saturated heterocycles. The van der Waals surface area contributed by atoms with Crippen LogP contribution in [0.3, 0.4) is 0 Å². The third-order valence-corrected chi connectivity index (χ3v) is 8.91. The highest BCUT2D eigenvalue weighted by atomic mass is 16.5. The lowest BCUT2D eigenvalue weighted by atomic mass is 9.87. The average Bonchev–Trinajstić information content (AvgIpc) is 3.71. The van der Waals surface area contributed by atoms with Crippen LogP contribution in [0.25, 0.3) is 11.0 Å². The summed E-state index contributed by atoms with van der Waals surface area (Å²) in [5, 5.41) is 7.31. The van der Waals surface area contributed by atoms with Crippen LogP contribution < -0.4 is 5.32 Å². The maximum absolute atomic E-state index is 13.4. The number of imidazole rings is 1. The van der Waals surface area contributed by atoms with E-state index in [1.807, 2.05) is 4.90 Å². The Labute approximate surface area is 235 Å². The third-order valence-electron chi connectivity index (χ3n) is 8.91. The Kier molecular flexibility index (Phi) is 8.00. The summed E-state index contributed by atoms with van der Waals surface area (Å²) in [6.07, 6.45) is 12.3. The fraction of sp³-hybridized carbons (Fsp3) is 0.548. The van der Waals surface area contributed by atoms with Crippen LogP contribution >= 0.6 is 0 Å². The molecule has 3 fully saturated rings. The standard InChI is InChI=1S/C31H40N6O3/c1-2-29(38)36-17-8-11-24(14-18-36)37-27-13-12-22(21-35-15-6-7-16-35)19-26(27)32-31(37)33-30(39)28-20-25(34-40-28)23-9-4-3-5-10-23/h2,12-13,19-20,23-24H,1,3-11,14-18,21H2,(H,32,33,39)/t24-/m1/s1. The van der Waals surface area contributed by atoms with Crippen LogP contribution in [-0.4, -0.2) is 62.5 Å². The summed E-state index contributed by atoms with van der Waals surface area (Å²) < 4.78 is 7.68. The van der Waals surface area contributed by atoms with Crippen molar-refractivity contribution in [1.82, 2.24) is 24.5 Å². The second-order valence-electron chi connectivity index (χ2n) is 11.6. The monoisotopic (exact) mass is 544 g/mol. The number of fused-ring (bicyclic) bond motifs is 1. The van der Waals surface area contributed by atoms with Gasteiger partial charge in [-0.2, -0.15) is 0 Å². The van der Waals surface area contributed by atoms with Crippen LogP contribution in [-0.2, 0) is 11.3 Å². The smallest absolute Gasteiger partial charge is 0.296 e. The molecule has 9 heteroatoms. The van der Waals surface area contributed by atoms with Gasteiger partial charge in [-0.3, -0.25) is 19.8 Å². The summed E-state index contributed by atoms with van der Waals surface area (Å²) in [6.45, 7) is 8.18. The molecule has 9 nitrogen and oxygen atoms in total. The van der Waals surface area contributed by atoms with Crippen molar-refractivity contribution >= 4 is 28.8 Å². The molecule has 212 valence electrons. The Morgan fingerprint density at radius 2 is 1.80 bits per heavy atom. The van der Waals surface area contributed by atoms with Crippen LogP contribution in [0.2, 0.25) is 0 Å². The summed E-state index contributed by atoms with van der Waals surface area (Å²) in [5.74, 6) is 0.737. The van der Waals surface area contributed by atoms with Crippen LogP contribution in [0.15, 0.2) is 41.4 Å². The Balaban J connectivity index is 1.28. The van der Waals surface area contributed by atoms with Crippen LogP contribution in [0.1, 0.15) is 98.0 Å². The largest absolute Gasteiger partial charge is 0.351 e. The van der Waals surface area contributed by atoms with Crippen molar-refractivity contribution in [3.05, 3.63) is 53.9 Å². The molecular weight excluding hydrogens is 504 g/mol. The molecule has 0 unspecified atom stereocenters. The summed E-state index contributed by atoms with van der Waals surface area (Å²) >= 11 is 0. The second-order valence-corrected chi connectivity index (χ2v) is 11.6. The van der Waals surface area contributed by atoms with Crippen LogP contribution in [0.5, 0.6) is 0 Å². The molecular formula is C31H40N6O3. The minimum absolute atomic E-state index is 0.0321. The van der Waals surface area contributed by atoms with Gasteiger partial charge in [-0.25, -0.2) is 4.98 Å². The Morgan fingerprint density at radius 1 is 0.975 bits per heavy atom. The summed E-state index contributed by atoms with van der Waals surface area (Å²) in [5.41, 5.74) is 3.97. The summed E-state index contributed by atoms with van der Waals surface area (Å²) in [4.78, 5) is 35.0.